The van der Waals surface area contributed by atoms with Gasteiger partial charge >= 0.3 is 0 Å². The maximum absolute atomic E-state index is 5.76. The van der Waals surface area contributed by atoms with Crippen molar-refractivity contribution in [3.63, 3.8) is 0 Å². The molecule has 1 aliphatic rings. The molecule has 13 heavy (non-hydrogen) atoms. The van der Waals surface area contributed by atoms with E-state index in [1.807, 2.05) is 0 Å². The van der Waals surface area contributed by atoms with Crippen molar-refractivity contribution in [1.29, 1.82) is 0 Å². The summed E-state index contributed by atoms with van der Waals surface area (Å²) < 4.78 is 5.00. The summed E-state index contributed by atoms with van der Waals surface area (Å²) in [4.78, 5) is 0. The van der Waals surface area contributed by atoms with E-state index in [2.05, 4.69) is 12.2 Å². The molecule has 0 aliphatic heterocycles. The van der Waals surface area contributed by atoms with E-state index in [4.69, 9.17) is 10.5 Å². The molecule has 0 spiro atoms. The van der Waals surface area contributed by atoms with Gasteiger partial charge in [0.1, 0.15) is 0 Å². The molecule has 0 amide bonds. The van der Waals surface area contributed by atoms with Gasteiger partial charge in [-0.3, -0.25) is 0 Å². The Bertz CT molecular complexity index is 148. The fraction of sp³-hybridized carbons (Fsp3) is 1.00. The molecule has 0 heterocycles. The van der Waals surface area contributed by atoms with Crippen LogP contribution < -0.4 is 11.1 Å². The number of nitrogens with two attached hydrogens (primary N) is 1. The first-order valence-corrected chi connectivity index (χ1v) is 5.14. The second kappa shape index (κ2) is 4.94. The van der Waals surface area contributed by atoms with Gasteiger partial charge in [0.05, 0.1) is 6.61 Å². The quantitative estimate of drug-likeness (QED) is 0.577. The third-order valence-corrected chi connectivity index (χ3v) is 2.74. The lowest BCUT2D eigenvalue weighted by Crippen LogP contribution is -2.50. The van der Waals surface area contributed by atoms with Crippen molar-refractivity contribution in [1.82, 2.24) is 5.32 Å². The maximum Gasteiger partial charge on any atom is 0.0587 e. The second-order valence-corrected chi connectivity index (χ2v) is 4.33. The van der Waals surface area contributed by atoms with Crippen molar-refractivity contribution in [2.45, 2.75) is 31.7 Å². The average Bonchev–Trinajstić information content (AvgIpc) is 2.89. The summed E-state index contributed by atoms with van der Waals surface area (Å²) in [5, 5.41) is 3.47. The minimum absolute atomic E-state index is 0.125. The molecule has 1 saturated carbocycles. The van der Waals surface area contributed by atoms with Gasteiger partial charge in [-0.25, -0.2) is 0 Å². The van der Waals surface area contributed by atoms with Crippen LogP contribution in [0.4, 0.5) is 0 Å². The number of methoxy groups -OCH3 is 1. The minimum atomic E-state index is 0.125. The number of hydrogen-bond acceptors (Lipinski definition) is 3. The largest absolute Gasteiger partial charge is 0.383 e. The molecule has 0 aromatic carbocycles. The number of rotatable bonds is 7. The fourth-order valence-electron chi connectivity index (χ4n) is 1.64. The topological polar surface area (TPSA) is 47.3 Å². The molecule has 0 radical (unpaired) electrons. The molecule has 1 fully saturated rings. The molecule has 0 saturated heterocycles. The van der Waals surface area contributed by atoms with Gasteiger partial charge in [0.2, 0.25) is 0 Å². The Balaban J connectivity index is 2.20. The summed E-state index contributed by atoms with van der Waals surface area (Å²) in [6.07, 6.45) is 4.00. The van der Waals surface area contributed by atoms with Crippen molar-refractivity contribution in [3.8, 4) is 0 Å². The fourth-order valence-corrected chi connectivity index (χ4v) is 1.64. The van der Waals surface area contributed by atoms with E-state index in [0.717, 1.165) is 19.1 Å². The SMILES string of the molecule is COCCNC(C)(CN)CC1CC1. The monoisotopic (exact) mass is 186 g/mol. The summed E-state index contributed by atoms with van der Waals surface area (Å²) in [6, 6.07) is 0. The van der Waals surface area contributed by atoms with Crippen LogP contribution in [-0.2, 0) is 4.74 Å². The molecule has 3 heteroatoms. The Morgan fingerprint density at radius 3 is 2.69 bits per heavy atom. The van der Waals surface area contributed by atoms with Gasteiger partial charge in [-0.2, -0.15) is 0 Å². The van der Waals surface area contributed by atoms with Gasteiger partial charge in [0.25, 0.3) is 0 Å². The van der Waals surface area contributed by atoms with Crippen LogP contribution in [0.3, 0.4) is 0 Å². The molecule has 1 rings (SSSR count). The predicted molar refractivity (Wildman–Crippen MR) is 54.7 cm³/mol. The van der Waals surface area contributed by atoms with E-state index in [9.17, 15) is 0 Å². The molecular formula is C10H22N2O. The van der Waals surface area contributed by atoms with Gasteiger partial charge in [0.15, 0.2) is 0 Å². The Kier molecular flexibility index (Phi) is 4.16. The average molecular weight is 186 g/mol. The Morgan fingerprint density at radius 2 is 2.23 bits per heavy atom. The summed E-state index contributed by atoms with van der Waals surface area (Å²) in [7, 11) is 1.72. The molecule has 78 valence electrons. The van der Waals surface area contributed by atoms with Crippen LogP contribution >= 0.6 is 0 Å². The molecule has 1 aliphatic carbocycles. The van der Waals surface area contributed by atoms with Gasteiger partial charge in [-0.1, -0.05) is 12.8 Å². The zero-order chi connectivity index (χ0) is 9.73. The van der Waals surface area contributed by atoms with Crippen LogP contribution in [0.5, 0.6) is 0 Å². The van der Waals surface area contributed by atoms with E-state index in [-0.39, 0.29) is 5.54 Å². The Labute approximate surface area is 81.0 Å². The molecule has 1 atom stereocenters. The van der Waals surface area contributed by atoms with Gasteiger partial charge in [-0.15, -0.1) is 0 Å². The van der Waals surface area contributed by atoms with Crippen molar-refractivity contribution in [2.24, 2.45) is 11.7 Å². The highest BCUT2D eigenvalue weighted by Gasteiger charge is 2.31. The number of hydrogen-bond donors (Lipinski definition) is 2. The zero-order valence-corrected chi connectivity index (χ0v) is 8.81. The number of nitrogens with one attached hydrogen (secondary N) is 1. The molecule has 3 N–H and O–H groups in total. The molecule has 0 aromatic heterocycles. The molecule has 0 aromatic rings. The summed E-state index contributed by atoms with van der Waals surface area (Å²) in [5.74, 6) is 0.920. The van der Waals surface area contributed by atoms with Crippen LogP contribution in [0.2, 0.25) is 0 Å². The molecule has 1 unspecified atom stereocenters. The Hall–Kier alpha value is -0.120. The van der Waals surface area contributed by atoms with Crippen LogP contribution in [0.1, 0.15) is 26.2 Å². The van der Waals surface area contributed by atoms with E-state index in [1.165, 1.54) is 19.3 Å². The summed E-state index contributed by atoms with van der Waals surface area (Å²) in [5.41, 5.74) is 5.89. The van der Waals surface area contributed by atoms with Crippen molar-refractivity contribution in [2.75, 3.05) is 26.8 Å². The first kappa shape index (κ1) is 11.0. The third kappa shape index (κ3) is 4.07. The highest BCUT2D eigenvalue weighted by atomic mass is 16.5. The molecule has 3 nitrogen and oxygen atoms in total. The first-order chi connectivity index (χ1) is 6.20. The summed E-state index contributed by atoms with van der Waals surface area (Å²) in [6.45, 7) is 4.59. The second-order valence-electron chi connectivity index (χ2n) is 4.33. The van der Waals surface area contributed by atoms with E-state index in [0.29, 0.717) is 6.54 Å². The van der Waals surface area contributed by atoms with Crippen LogP contribution in [0, 0.1) is 5.92 Å². The van der Waals surface area contributed by atoms with Gasteiger partial charge in [-0.05, 0) is 19.3 Å². The van der Waals surface area contributed by atoms with Crippen LogP contribution in [-0.4, -0.2) is 32.3 Å². The zero-order valence-electron chi connectivity index (χ0n) is 8.81. The lowest BCUT2D eigenvalue weighted by molar-refractivity contribution is 0.183. The maximum atomic E-state index is 5.76. The first-order valence-electron chi connectivity index (χ1n) is 5.14. The van der Waals surface area contributed by atoms with Crippen molar-refractivity contribution >= 4 is 0 Å². The lowest BCUT2D eigenvalue weighted by atomic mass is 9.95. The smallest absolute Gasteiger partial charge is 0.0587 e. The highest BCUT2D eigenvalue weighted by molar-refractivity contribution is 4.90. The lowest BCUT2D eigenvalue weighted by Gasteiger charge is -2.29. The van der Waals surface area contributed by atoms with E-state index in [1.54, 1.807) is 7.11 Å². The third-order valence-electron chi connectivity index (χ3n) is 2.74. The van der Waals surface area contributed by atoms with E-state index >= 15 is 0 Å². The van der Waals surface area contributed by atoms with Crippen molar-refractivity contribution in [3.05, 3.63) is 0 Å². The normalized spacial score (nSPS) is 21.5. The van der Waals surface area contributed by atoms with Crippen LogP contribution in [0.15, 0.2) is 0 Å². The predicted octanol–water partition coefficient (Wildman–Crippen LogP) is 0.740. The highest BCUT2D eigenvalue weighted by Crippen LogP contribution is 2.36. The minimum Gasteiger partial charge on any atom is -0.383 e. The Morgan fingerprint density at radius 1 is 1.54 bits per heavy atom. The van der Waals surface area contributed by atoms with Gasteiger partial charge < -0.3 is 15.8 Å². The molecule has 0 bridgehead atoms. The van der Waals surface area contributed by atoms with Gasteiger partial charge in [0, 0.05) is 25.7 Å². The number of ether oxygens (including phenoxy) is 1. The summed E-state index contributed by atoms with van der Waals surface area (Å²) >= 11 is 0. The van der Waals surface area contributed by atoms with E-state index < -0.39 is 0 Å². The standard InChI is InChI=1S/C10H22N2O/c1-10(8-11,7-9-3-4-9)12-5-6-13-2/h9,12H,3-8,11H2,1-2H3. The van der Waals surface area contributed by atoms with Crippen molar-refractivity contribution < 1.29 is 4.74 Å². The van der Waals surface area contributed by atoms with Crippen LogP contribution in [0.25, 0.3) is 0 Å². The molecular weight excluding hydrogens is 164 g/mol.